The minimum atomic E-state index is -0.650. The third-order valence-electron chi connectivity index (χ3n) is 3.26. The van der Waals surface area contributed by atoms with E-state index >= 15 is 0 Å². The van der Waals surface area contributed by atoms with E-state index < -0.39 is 17.7 Å². The molecule has 0 radical (unpaired) electrons. The quantitative estimate of drug-likeness (QED) is 0.851. The molecule has 1 atom stereocenters. The lowest BCUT2D eigenvalue weighted by molar-refractivity contribution is -0.121. The number of alkyl carbamates (subject to hydrolysis) is 1. The van der Waals surface area contributed by atoms with Crippen LogP contribution in [0, 0.1) is 6.92 Å². The van der Waals surface area contributed by atoms with Gasteiger partial charge in [0.2, 0.25) is 0 Å². The SMILES string of the molecule is CCCCC(=O)[C@H](NC(=O)OC(C)(C)C)c1ccccc1C. The Bertz CT molecular complexity index is 517. The molecule has 0 aromatic heterocycles. The van der Waals surface area contributed by atoms with Crippen molar-refractivity contribution in [1.82, 2.24) is 5.32 Å². The number of amides is 1. The smallest absolute Gasteiger partial charge is 0.408 e. The molecule has 1 rings (SSSR count). The van der Waals surface area contributed by atoms with Crippen LogP contribution in [-0.4, -0.2) is 17.5 Å². The molecule has 0 heterocycles. The van der Waals surface area contributed by atoms with E-state index in [0.29, 0.717) is 6.42 Å². The fraction of sp³-hybridized carbons (Fsp3) is 0.556. The minimum Gasteiger partial charge on any atom is -0.444 e. The van der Waals surface area contributed by atoms with Crippen LogP contribution in [-0.2, 0) is 9.53 Å². The summed E-state index contributed by atoms with van der Waals surface area (Å²) in [7, 11) is 0. The highest BCUT2D eigenvalue weighted by Crippen LogP contribution is 2.21. The Morgan fingerprint density at radius 1 is 1.23 bits per heavy atom. The van der Waals surface area contributed by atoms with E-state index in [1.165, 1.54) is 0 Å². The molecule has 0 spiro atoms. The molecule has 0 fully saturated rings. The van der Waals surface area contributed by atoms with Crippen LogP contribution in [0.2, 0.25) is 0 Å². The maximum Gasteiger partial charge on any atom is 0.408 e. The Labute approximate surface area is 133 Å². The van der Waals surface area contributed by atoms with Gasteiger partial charge in [-0.15, -0.1) is 0 Å². The van der Waals surface area contributed by atoms with Gasteiger partial charge in [-0.1, -0.05) is 37.6 Å². The Kier molecular flexibility index (Phi) is 6.60. The van der Waals surface area contributed by atoms with Crippen LogP contribution in [0.4, 0.5) is 4.79 Å². The zero-order chi connectivity index (χ0) is 16.8. The number of benzene rings is 1. The minimum absolute atomic E-state index is 0.0157. The third kappa shape index (κ3) is 5.88. The topological polar surface area (TPSA) is 55.4 Å². The van der Waals surface area contributed by atoms with Gasteiger partial charge in [-0.05, 0) is 45.2 Å². The number of ether oxygens (including phenoxy) is 1. The summed E-state index contributed by atoms with van der Waals surface area (Å²) in [4.78, 5) is 24.5. The summed E-state index contributed by atoms with van der Waals surface area (Å²) in [5.41, 5.74) is 1.22. The van der Waals surface area contributed by atoms with Gasteiger partial charge in [-0.25, -0.2) is 4.79 Å². The molecule has 0 unspecified atom stereocenters. The van der Waals surface area contributed by atoms with Crippen molar-refractivity contribution in [2.24, 2.45) is 0 Å². The summed E-state index contributed by atoms with van der Waals surface area (Å²) in [6.45, 7) is 9.38. The van der Waals surface area contributed by atoms with Crippen molar-refractivity contribution < 1.29 is 14.3 Å². The second kappa shape index (κ2) is 7.97. The van der Waals surface area contributed by atoms with Crippen molar-refractivity contribution in [2.75, 3.05) is 0 Å². The first-order valence-electron chi connectivity index (χ1n) is 7.82. The molecule has 1 aromatic carbocycles. The summed E-state index contributed by atoms with van der Waals surface area (Å²) >= 11 is 0. The second-order valence-electron chi connectivity index (χ2n) is 6.51. The predicted octanol–water partition coefficient (Wildman–Crippen LogP) is 4.32. The number of nitrogens with one attached hydrogen (secondary N) is 1. The molecule has 0 saturated carbocycles. The summed E-state index contributed by atoms with van der Waals surface area (Å²) in [5.74, 6) is 0.0157. The molecule has 122 valence electrons. The highest BCUT2D eigenvalue weighted by atomic mass is 16.6. The first kappa shape index (κ1) is 18.2. The van der Waals surface area contributed by atoms with Crippen molar-refractivity contribution in [3.63, 3.8) is 0 Å². The molecule has 4 nitrogen and oxygen atoms in total. The number of unbranched alkanes of at least 4 members (excludes halogenated alkanes) is 1. The molecular weight excluding hydrogens is 278 g/mol. The molecule has 22 heavy (non-hydrogen) atoms. The first-order valence-corrected chi connectivity index (χ1v) is 7.82. The molecule has 0 aliphatic carbocycles. The Balaban J connectivity index is 2.95. The average molecular weight is 305 g/mol. The van der Waals surface area contributed by atoms with Crippen LogP contribution in [0.5, 0.6) is 0 Å². The van der Waals surface area contributed by atoms with Crippen molar-refractivity contribution in [1.29, 1.82) is 0 Å². The fourth-order valence-corrected chi connectivity index (χ4v) is 2.16. The highest BCUT2D eigenvalue weighted by molar-refractivity contribution is 5.88. The number of hydrogen-bond acceptors (Lipinski definition) is 3. The van der Waals surface area contributed by atoms with Gasteiger partial charge in [0.05, 0.1) is 0 Å². The number of ketones is 1. The first-order chi connectivity index (χ1) is 10.2. The van der Waals surface area contributed by atoms with Crippen LogP contribution >= 0.6 is 0 Å². The maximum atomic E-state index is 12.5. The van der Waals surface area contributed by atoms with E-state index in [4.69, 9.17) is 4.74 Å². The van der Waals surface area contributed by atoms with Gasteiger partial charge in [0.1, 0.15) is 11.6 Å². The predicted molar refractivity (Wildman–Crippen MR) is 87.8 cm³/mol. The van der Waals surface area contributed by atoms with Crippen molar-refractivity contribution in [3.05, 3.63) is 35.4 Å². The number of hydrogen-bond donors (Lipinski definition) is 1. The van der Waals surface area contributed by atoms with Crippen LogP contribution < -0.4 is 5.32 Å². The van der Waals surface area contributed by atoms with Crippen LogP contribution in [0.3, 0.4) is 0 Å². The number of carbonyl (C=O) groups is 2. The summed E-state index contributed by atoms with van der Waals surface area (Å²) in [5, 5.41) is 2.73. The molecule has 4 heteroatoms. The Morgan fingerprint density at radius 2 is 1.86 bits per heavy atom. The van der Waals surface area contributed by atoms with Crippen molar-refractivity contribution >= 4 is 11.9 Å². The molecule has 1 amide bonds. The number of Topliss-reactive ketones (excluding diaryl/α,β-unsaturated/α-hetero) is 1. The summed E-state index contributed by atoms with van der Waals surface area (Å²) in [6.07, 6.45) is 1.65. The number of rotatable bonds is 6. The average Bonchev–Trinajstić information content (AvgIpc) is 2.41. The normalized spacial score (nSPS) is 12.6. The van der Waals surface area contributed by atoms with Gasteiger partial charge < -0.3 is 10.1 Å². The molecule has 1 aromatic rings. The third-order valence-corrected chi connectivity index (χ3v) is 3.26. The van der Waals surface area contributed by atoms with Gasteiger partial charge in [0.25, 0.3) is 0 Å². The van der Waals surface area contributed by atoms with Crippen molar-refractivity contribution in [3.8, 4) is 0 Å². The van der Waals surface area contributed by atoms with Gasteiger partial charge >= 0.3 is 6.09 Å². The Morgan fingerprint density at radius 3 is 2.41 bits per heavy atom. The highest BCUT2D eigenvalue weighted by Gasteiger charge is 2.26. The molecule has 1 N–H and O–H groups in total. The molecule has 0 bridgehead atoms. The number of carbonyl (C=O) groups excluding carboxylic acids is 2. The Hall–Kier alpha value is -1.84. The fourth-order valence-electron chi connectivity index (χ4n) is 2.16. The maximum absolute atomic E-state index is 12.5. The monoisotopic (exact) mass is 305 g/mol. The summed E-state index contributed by atoms with van der Waals surface area (Å²) in [6, 6.07) is 6.95. The van der Waals surface area contributed by atoms with Gasteiger partial charge in [-0.3, -0.25) is 4.79 Å². The largest absolute Gasteiger partial charge is 0.444 e. The van der Waals surface area contributed by atoms with Gasteiger partial charge in [-0.2, -0.15) is 0 Å². The van der Waals surface area contributed by atoms with Crippen LogP contribution in [0.1, 0.15) is 64.1 Å². The standard InChI is InChI=1S/C18H27NO3/c1-6-7-12-15(20)16(14-11-9-8-10-13(14)2)19-17(21)22-18(3,4)5/h8-11,16H,6-7,12H2,1-5H3,(H,19,21)/t16-/m1/s1. The van der Waals surface area contributed by atoms with E-state index in [1.54, 1.807) is 20.8 Å². The zero-order valence-electron chi connectivity index (χ0n) is 14.2. The molecule has 0 aliphatic rings. The zero-order valence-corrected chi connectivity index (χ0v) is 14.2. The van der Waals surface area contributed by atoms with E-state index in [2.05, 4.69) is 5.32 Å². The van der Waals surface area contributed by atoms with E-state index in [9.17, 15) is 9.59 Å². The van der Waals surface area contributed by atoms with Crippen molar-refractivity contribution in [2.45, 2.75) is 65.5 Å². The molecule has 0 aliphatic heterocycles. The lowest BCUT2D eigenvalue weighted by atomic mass is 9.95. The summed E-state index contributed by atoms with van der Waals surface area (Å²) < 4.78 is 5.28. The van der Waals surface area contributed by atoms with Crippen LogP contribution in [0.25, 0.3) is 0 Å². The lowest BCUT2D eigenvalue weighted by Crippen LogP contribution is -2.38. The molecular formula is C18H27NO3. The lowest BCUT2D eigenvalue weighted by Gasteiger charge is -2.24. The second-order valence-corrected chi connectivity index (χ2v) is 6.51. The van der Waals surface area contributed by atoms with E-state index in [-0.39, 0.29) is 5.78 Å². The van der Waals surface area contributed by atoms with Gasteiger partial charge in [0, 0.05) is 6.42 Å². The van der Waals surface area contributed by atoms with E-state index in [0.717, 1.165) is 24.0 Å². The van der Waals surface area contributed by atoms with Crippen LogP contribution in [0.15, 0.2) is 24.3 Å². The number of aryl methyl sites for hydroxylation is 1. The van der Waals surface area contributed by atoms with Gasteiger partial charge in [0.15, 0.2) is 5.78 Å². The van der Waals surface area contributed by atoms with E-state index in [1.807, 2.05) is 38.1 Å². The molecule has 0 saturated heterocycles.